The van der Waals surface area contributed by atoms with E-state index >= 15 is 0 Å². The van der Waals surface area contributed by atoms with E-state index in [0.29, 0.717) is 12.2 Å². The fraction of sp³-hybridized carbons (Fsp3) is 0.174. The van der Waals surface area contributed by atoms with Gasteiger partial charge in [-0.1, -0.05) is 6.08 Å². The van der Waals surface area contributed by atoms with Crippen molar-refractivity contribution in [2.45, 2.75) is 0 Å². The molecule has 0 radical (unpaired) electrons. The lowest BCUT2D eigenvalue weighted by Crippen LogP contribution is -2.13. The van der Waals surface area contributed by atoms with E-state index in [1.54, 1.807) is 26.4 Å². The Balaban J connectivity index is 1.51. The molecule has 5 heteroatoms. The molecule has 0 N–H and O–H groups in total. The highest BCUT2D eigenvalue weighted by atomic mass is 16.5. The molecule has 5 nitrogen and oxygen atoms in total. The van der Waals surface area contributed by atoms with Gasteiger partial charge in [-0.25, -0.2) is 0 Å². The minimum atomic E-state index is -0.0881. The fourth-order valence-corrected chi connectivity index (χ4v) is 3.10. The molecule has 0 amide bonds. The van der Waals surface area contributed by atoms with Crippen LogP contribution in [0.4, 0.5) is 0 Å². The van der Waals surface area contributed by atoms with Crippen molar-refractivity contribution >= 4 is 17.9 Å². The molecule has 142 valence electrons. The van der Waals surface area contributed by atoms with Crippen LogP contribution in [0.5, 0.6) is 23.0 Å². The summed E-state index contributed by atoms with van der Waals surface area (Å²) in [5, 5.41) is 0. The van der Waals surface area contributed by atoms with Gasteiger partial charge in [0.1, 0.15) is 36.2 Å². The lowest BCUT2D eigenvalue weighted by atomic mass is 10.0. The SMILES string of the molecule is COc1ccc2c(c1)C=C(C(=O)/C=C/C1=Cc3ccc(OC)cc3OC1)CO2. The third kappa shape index (κ3) is 3.64. The molecule has 0 fully saturated rings. The van der Waals surface area contributed by atoms with Crippen LogP contribution in [0.25, 0.3) is 12.2 Å². The van der Waals surface area contributed by atoms with Crippen LogP contribution >= 0.6 is 0 Å². The van der Waals surface area contributed by atoms with Crippen molar-refractivity contribution in [3.63, 3.8) is 0 Å². The molecule has 0 spiro atoms. The molecular formula is C23H20O5. The summed E-state index contributed by atoms with van der Waals surface area (Å²) in [5.41, 5.74) is 3.32. The van der Waals surface area contributed by atoms with Gasteiger partial charge in [-0.05, 0) is 54.1 Å². The highest BCUT2D eigenvalue weighted by Crippen LogP contribution is 2.32. The Morgan fingerprint density at radius 1 is 0.893 bits per heavy atom. The van der Waals surface area contributed by atoms with Gasteiger partial charge in [0, 0.05) is 22.8 Å². The molecule has 0 saturated heterocycles. The standard InChI is InChI=1S/C23H20O5/c1-25-19-6-8-22-17(11-19)10-18(14-28-22)21(24)7-3-15-9-16-4-5-20(26-2)12-23(16)27-13-15/h3-12H,13-14H2,1-2H3/b7-3+. The lowest BCUT2D eigenvalue weighted by Gasteiger charge is -2.18. The van der Waals surface area contributed by atoms with E-state index in [-0.39, 0.29) is 12.4 Å². The van der Waals surface area contributed by atoms with Crippen LogP contribution in [0.2, 0.25) is 0 Å². The number of carbonyl (C=O) groups is 1. The number of benzene rings is 2. The third-order valence-electron chi connectivity index (χ3n) is 4.65. The number of rotatable bonds is 5. The maximum atomic E-state index is 12.6. The Hall–Kier alpha value is -3.47. The van der Waals surface area contributed by atoms with Crippen LogP contribution in [0, 0.1) is 0 Å². The van der Waals surface area contributed by atoms with Gasteiger partial charge < -0.3 is 18.9 Å². The van der Waals surface area contributed by atoms with E-state index in [0.717, 1.165) is 39.7 Å². The molecule has 0 aromatic heterocycles. The summed E-state index contributed by atoms with van der Waals surface area (Å²) < 4.78 is 21.9. The molecule has 2 aliphatic rings. The number of allylic oxidation sites excluding steroid dienone is 1. The Morgan fingerprint density at radius 2 is 1.64 bits per heavy atom. The molecule has 2 aromatic rings. The van der Waals surface area contributed by atoms with E-state index in [9.17, 15) is 4.79 Å². The van der Waals surface area contributed by atoms with Crippen LogP contribution < -0.4 is 18.9 Å². The fourth-order valence-electron chi connectivity index (χ4n) is 3.10. The van der Waals surface area contributed by atoms with Crippen molar-refractivity contribution in [3.05, 3.63) is 70.8 Å². The predicted octanol–water partition coefficient (Wildman–Crippen LogP) is 4.08. The highest BCUT2D eigenvalue weighted by Gasteiger charge is 2.17. The van der Waals surface area contributed by atoms with Crippen molar-refractivity contribution in [1.82, 2.24) is 0 Å². The zero-order chi connectivity index (χ0) is 19.5. The van der Waals surface area contributed by atoms with Crippen molar-refractivity contribution < 1.29 is 23.7 Å². The molecule has 2 aromatic carbocycles. The first-order valence-electron chi connectivity index (χ1n) is 8.91. The molecule has 2 aliphatic heterocycles. The second-order valence-electron chi connectivity index (χ2n) is 6.47. The van der Waals surface area contributed by atoms with Gasteiger partial charge in [0.2, 0.25) is 0 Å². The van der Waals surface area contributed by atoms with Gasteiger partial charge in [0.05, 0.1) is 14.2 Å². The number of ether oxygens (including phenoxy) is 4. The lowest BCUT2D eigenvalue weighted by molar-refractivity contribution is -0.111. The first-order chi connectivity index (χ1) is 13.7. The zero-order valence-corrected chi connectivity index (χ0v) is 15.7. The van der Waals surface area contributed by atoms with Crippen LogP contribution in [0.1, 0.15) is 11.1 Å². The monoisotopic (exact) mass is 376 g/mol. The molecule has 28 heavy (non-hydrogen) atoms. The Labute approximate surface area is 163 Å². The Kier molecular flexibility index (Phi) is 4.89. The van der Waals surface area contributed by atoms with Crippen LogP contribution in [0.3, 0.4) is 0 Å². The molecule has 0 bridgehead atoms. The molecule has 2 heterocycles. The van der Waals surface area contributed by atoms with Gasteiger partial charge in [0.25, 0.3) is 0 Å². The second kappa shape index (κ2) is 7.64. The number of hydrogen-bond donors (Lipinski definition) is 0. The average Bonchev–Trinajstić information content (AvgIpc) is 2.76. The Morgan fingerprint density at radius 3 is 2.46 bits per heavy atom. The van der Waals surface area contributed by atoms with Crippen molar-refractivity contribution in [2.75, 3.05) is 27.4 Å². The first kappa shape index (κ1) is 17.9. The quantitative estimate of drug-likeness (QED) is 0.736. The summed E-state index contributed by atoms with van der Waals surface area (Å²) in [6, 6.07) is 11.2. The van der Waals surface area contributed by atoms with Crippen LogP contribution in [-0.4, -0.2) is 33.2 Å². The van der Waals surface area contributed by atoms with Gasteiger partial charge >= 0.3 is 0 Å². The topological polar surface area (TPSA) is 54.0 Å². The number of fused-ring (bicyclic) bond motifs is 2. The number of methoxy groups -OCH3 is 2. The van der Waals surface area contributed by atoms with Crippen LogP contribution in [0.15, 0.2) is 59.7 Å². The van der Waals surface area contributed by atoms with Gasteiger partial charge in [-0.15, -0.1) is 0 Å². The largest absolute Gasteiger partial charge is 0.497 e. The highest BCUT2D eigenvalue weighted by molar-refractivity contribution is 6.08. The van der Waals surface area contributed by atoms with E-state index in [4.69, 9.17) is 18.9 Å². The number of hydrogen-bond acceptors (Lipinski definition) is 5. The molecular weight excluding hydrogens is 356 g/mol. The van der Waals surface area contributed by atoms with E-state index < -0.39 is 0 Å². The van der Waals surface area contributed by atoms with Gasteiger partial charge in [-0.3, -0.25) is 4.79 Å². The summed E-state index contributed by atoms with van der Waals surface area (Å²) in [5.74, 6) is 2.91. The summed E-state index contributed by atoms with van der Waals surface area (Å²) in [7, 11) is 3.23. The van der Waals surface area contributed by atoms with Gasteiger partial charge in [0.15, 0.2) is 5.78 Å². The molecule has 4 rings (SSSR count). The average molecular weight is 376 g/mol. The summed E-state index contributed by atoms with van der Waals surface area (Å²) >= 11 is 0. The minimum Gasteiger partial charge on any atom is -0.497 e. The molecule has 0 atom stereocenters. The summed E-state index contributed by atoms with van der Waals surface area (Å²) in [6.45, 7) is 0.653. The second-order valence-corrected chi connectivity index (χ2v) is 6.47. The summed E-state index contributed by atoms with van der Waals surface area (Å²) in [4.78, 5) is 12.6. The predicted molar refractivity (Wildman–Crippen MR) is 107 cm³/mol. The Bertz CT molecular complexity index is 1010. The smallest absolute Gasteiger partial charge is 0.185 e. The number of ketones is 1. The zero-order valence-electron chi connectivity index (χ0n) is 15.7. The maximum absolute atomic E-state index is 12.6. The first-order valence-corrected chi connectivity index (χ1v) is 8.91. The van der Waals surface area contributed by atoms with Crippen molar-refractivity contribution in [3.8, 4) is 23.0 Å². The van der Waals surface area contributed by atoms with Crippen molar-refractivity contribution in [1.29, 1.82) is 0 Å². The summed E-state index contributed by atoms with van der Waals surface area (Å²) in [6.07, 6.45) is 7.21. The van der Waals surface area contributed by atoms with Crippen LogP contribution in [-0.2, 0) is 4.79 Å². The van der Waals surface area contributed by atoms with Gasteiger partial charge in [-0.2, -0.15) is 0 Å². The molecule has 0 aliphatic carbocycles. The normalized spacial score (nSPS) is 14.8. The molecule has 0 unspecified atom stereocenters. The maximum Gasteiger partial charge on any atom is 0.185 e. The van der Waals surface area contributed by atoms with Crippen molar-refractivity contribution in [2.24, 2.45) is 0 Å². The van der Waals surface area contributed by atoms with E-state index in [2.05, 4.69) is 0 Å². The minimum absolute atomic E-state index is 0.0881. The van der Waals surface area contributed by atoms with E-state index in [1.165, 1.54) is 0 Å². The number of carbonyl (C=O) groups excluding carboxylic acids is 1. The van der Waals surface area contributed by atoms with E-state index in [1.807, 2.05) is 48.6 Å². The third-order valence-corrected chi connectivity index (χ3v) is 4.65. The molecule has 0 saturated carbocycles.